The normalized spacial score (nSPS) is 15.8. The fourth-order valence-electron chi connectivity index (χ4n) is 4.73. The number of aliphatic hydroxyl groups excluding tert-OH is 1. The third-order valence-electron chi connectivity index (χ3n) is 10.6. The van der Waals surface area contributed by atoms with Crippen molar-refractivity contribution in [2.75, 3.05) is 63.5 Å². The van der Waals surface area contributed by atoms with Crippen LogP contribution in [0.5, 0.6) is 0 Å². The number of carbonyl (C=O) groups excluding carboxylic acids is 6. The summed E-state index contributed by atoms with van der Waals surface area (Å²) in [5, 5.41) is 12.3. The summed E-state index contributed by atoms with van der Waals surface area (Å²) in [5.74, 6) is -3.73. The van der Waals surface area contributed by atoms with Gasteiger partial charge in [-0.2, -0.15) is 0 Å². The molecular formula is C46H72Br2O16. The Hall–Kier alpha value is -2.84. The molecule has 0 aliphatic heterocycles. The van der Waals surface area contributed by atoms with Crippen LogP contribution in [0.25, 0.3) is 0 Å². The van der Waals surface area contributed by atoms with E-state index >= 15 is 0 Å². The molecule has 0 aromatic heterocycles. The second-order valence-corrected chi connectivity index (χ2v) is 20.3. The predicted molar refractivity (Wildman–Crippen MR) is 244 cm³/mol. The van der Waals surface area contributed by atoms with E-state index in [9.17, 15) is 33.9 Å². The van der Waals surface area contributed by atoms with E-state index in [2.05, 4.69) is 31.9 Å². The number of carbonyl (C=O) groups is 6. The highest BCUT2D eigenvalue weighted by atomic mass is 79.9. The molecule has 4 unspecified atom stereocenters. The van der Waals surface area contributed by atoms with Gasteiger partial charge in [0, 0.05) is 10.7 Å². The van der Waals surface area contributed by atoms with Gasteiger partial charge in [0.15, 0.2) is 29.1 Å². The number of esters is 4. The Morgan fingerprint density at radius 1 is 0.516 bits per heavy atom. The third kappa shape index (κ3) is 19.2. The van der Waals surface area contributed by atoms with Gasteiger partial charge >= 0.3 is 23.9 Å². The first-order valence-electron chi connectivity index (χ1n) is 21.2. The Bertz CT molecular complexity index is 1680. The summed E-state index contributed by atoms with van der Waals surface area (Å²) in [6, 6.07) is 8.94. The van der Waals surface area contributed by atoms with E-state index in [1.165, 1.54) is 55.4 Å². The lowest BCUT2D eigenvalue weighted by Crippen LogP contribution is -2.50. The van der Waals surface area contributed by atoms with Crippen LogP contribution in [0.2, 0.25) is 0 Å². The van der Waals surface area contributed by atoms with Crippen molar-refractivity contribution in [1.29, 1.82) is 0 Å². The average Bonchev–Trinajstić information content (AvgIpc) is 3.24. The van der Waals surface area contributed by atoms with Crippen LogP contribution in [0, 0.1) is 16.2 Å². The molecule has 64 heavy (non-hydrogen) atoms. The number of Topliss-reactive ketones (excluding diaryl/α,β-unsaturated/α-hetero) is 2. The van der Waals surface area contributed by atoms with Crippen molar-refractivity contribution in [3.8, 4) is 0 Å². The minimum atomic E-state index is -1.71. The van der Waals surface area contributed by atoms with Gasteiger partial charge in [-0.1, -0.05) is 62.2 Å². The van der Waals surface area contributed by atoms with Gasteiger partial charge in [-0.3, -0.25) is 19.2 Å². The Balaban J connectivity index is 3.31. The predicted octanol–water partition coefficient (Wildman–Crippen LogP) is 6.64. The zero-order valence-corrected chi connectivity index (χ0v) is 43.2. The quantitative estimate of drug-likeness (QED) is 0.0264. The minimum Gasteiger partial charge on any atom is -0.465 e. The number of aliphatic hydroxyl groups is 1. The van der Waals surface area contributed by atoms with Crippen molar-refractivity contribution in [3.05, 3.63) is 35.9 Å². The fourth-order valence-corrected chi connectivity index (χ4v) is 5.19. The van der Waals surface area contributed by atoms with E-state index in [0.717, 1.165) is 0 Å². The number of alkyl halides is 2. The molecule has 0 radical (unpaired) electrons. The largest absolute Gasteiger partial charge is 0.465 e. The lowest BCUT2D eigenvalue weighted by Gasteiger charge is -2.37. The van der Waals surface area contributed by atoms with Crippen LogP contribution in [-0.4, -0.2) is 133 Å². The molecule has 1 N–H and O–H groups in total. The van der Waals surface area contributed by atoms with Gasteiger partial charge in [0.25, 0.3) is 0 Å². The van der Waals surface area contributed by atoms with Gasteiger partial charge in [-0.15, -0.1) is 0 Å². The van der Waals surface area contributed by atoms with E-state index in [1.54, 1.807) is 58.9 Å². The maximum absolute atomic E-state index is 13.9. The Morgan fingerprint density at radius 2 is 0.922 bits per heavy atom. The maximum Gasteiger partial charge on any atom is 0.337 e. The molecule has 0 aliphatic carbocycles. The van der Waals surface area contributed by atoms with Crippen molar-refractivity contribution >= 4 is 67.3 Å². The molecule has 1 aromatic rings. The summed E-state index contributed by atoms with van der Waals surface area (Å²) in [5.41, 5.74) is -9.59. The molecule has 0 aliphatic rings. The summed E-state index contributed by atoms with van der Waals surface area (Å²) in [6.07, 6.45) is -0.321. The lowest BCUT2D eigenvalue weighted by molar-refractivity contribution is -0.221. The van der Waals surface area contributed by atoms with E-state index < -0.39 is 95.2 Å². The van der Waals surface area contributed by atoms with Gasteiger partial charge in [0.1, 0.15) is 41.9 Å². The minimum absolute atomic E-state index is 0.0961. The highest BCUT2D eigenvalue weighted by Gasteiger charge is 2.46. The SMILES string of the molecule is CC(=O)C(C)(C)OCC(C)(COC(=O)C(C)(C)OCC(C)(COC(C)(C)C(=O)OCC(C)(COC(C)(C)C(C)=O)C(O)OCCCBr)C(=O)OCc1ccccc1)C(=O)OCCCBr. The molecule has 18 heteroatoms. The molecule has 0 spiro atoms. The van der Waals surface area contributed by atoms with Crippen molar-refractivity contribution < 1.29 is 76.5 Å². The summed E-state index contributed by atoms with van der Waals surface area (Å²) in [7, 11) is 0. The molecule has 0 amide bonds. The Morgan fingerprint density at radius 3 is 1.39 bits per heavy atom. The van der Waals surface area contributed by atoms with Crippen LogP contribution >= 0.6 is 31.9 Å². The van der Waals surface area contributed by atoms with Crippen molar-refractivity contribution in [3.63, 3.8) is 0 Å². The molecule has 0 saturated carbocycles. The topological polar surface area (TPSA) is 206 Å². The molecule has 0 fully saturated rings. The Kier molecular flexibility index (Phi) is 23.9. The summed E-state index contributed by atoms with van der Waals surface area (Å²) < 4.78 is 52.0. The molecule has 0 bridgehead atoms. The van der Waals surface area contributed by atoms with Crippen LogP contribution < -0.4 is 0 Å². The zero-order chi connectivity index (χ0) is 49.2. The first-order valence-corrected chi connectivity index (χ1v) is 23.4. The molecule has 366 valence electrons. The molecule has 0 saturated heterocycles. The average molecular weight is 1040 g/mol. The number of rotatable bonds is 32. The number of benzene rings is 1. The van der Waals surface area contributed by atoms with Crippen molar-refractivity contribution in [2.45, 2.75) is 138 Å². The first-order chi connectivity index (χ1) is 29.4. The second-order valence-electron chi connectivity index (χ2n) is 18.7. The number of ether oxygens (including phenoxy) is 9. The smallest absolute Gasteiger partial charge is 0.337 e. The molecule has 16 nitrogen and oxygen atoms in total. The zero-order valence-electron chi connectivity index (χ0n) is 40.0. The van der Waals surface area contributed by atoms with E-state index in [4.69, 9.17) is 42.6 Å². The van der Waals surface area contributed by atoms with E-state index in [1.807, 2.05) is 6.07 Å². The van der Waals surface area contributed by atoms with Gasteiger partial charge in [-0.05, 0) is 108 Å². The highest BCUT2D eigenvalue weighted by molar-refractivity contribution is 9.09. The molecule has 1 aromatic carbocycles. The highest BCUT2D eigenvalue weighted by Crippen LogP contribution is 2.31. The van der Waals surface area contributed by atoms with Gasteiger partial charge in [-0.25, -0.2) is 9.59 Å². The molecule has 0 heterocycles. The van der Waals surface area contributed by atoms with Crippen LogP contribution in [0.4, 0.5) is 0 Å². The van der Waals surface area contributed by atoms with Crippen LogP contribution in [0.15, 0.2) is 30.3 Å². The maximum atomic E-state index is 13.9. The first kappa shape index (κ1) is 59.2. The standard InChI is InChI=1S/C46H72Br2O16/c1-32(49)40(3,4)61-28-44(11,37(53)56-23-17-21-47)26-59-35(51)42(7,8)63-30-46(13,39(55)58-25-34-19-15-14-16-20-34)31-64-43(9,10)36(52)60-27-45(12,38(54)57-24-18-22-48)29-62-41(5,6)33(2)50/h14-16,19-20,37,53H,17-18,21-31H2,1-13H3. The molecule has 4 atom stereocenters. The van der Waals surface area contributed by atoms with Crippen molar-refractivity contribution in [1.82, 2.24) is 0 Å². The fraction of sp³-hybridized carbons (Fsp3) is 0.739. The van der Waals surface area contributed by atoms with E-state index in [-0.39, 0.29) is 44.6 Å². The third-order valence-corrected chi connectivity index (χ3v) is 11.7. The van der Waals surface area contributed by atoms with E-state index in [0.29, 0.717) is 29.1 Å². The summed E-state index contributed by atoms with van der Waals surface area (Å²) in [6.45, 7) is 17.2. The number of ketones is 2. The summed E-state index contributed by atoms with van der Waals surface area (Å²) >= 11 is 6.62. The lowest BCUT2D eigenvalue weighted by atomic mass is 9.91. The van der Waals surface area contributed by atoms with Crippen LogP contribution in [0.3, 0.4) is 0 Å². The van der Waals surface area contributed by atoms with Gasteiger partial charge in [0.2, 0.25) is 0 Å². The molecular weight excluding hydrogens is 968 g/mol. The summed E-state index contributed by atoms with van der Waals surface area (Å²) in [4.78, 5) is 78.9. The van der Waals surface area contributed by atoms with Crippen molar-refractivity contribution in [2.24, 2.45) is 16.2 Å². The molecule has 1 rings (SSSR count). The Labute approximate surface area is 396 Å². The van der Waals surface area contributed by atoms with Crippen LogP contribution in [-0.2, 0) is 78.0 Å². The van der Waals surface area contributed by atoms with Crippen LogP contribution in [0.1, 0.15) is 108 Å². The van der Waals surface area contributed by atoms with Gasteiger partial charge in [0.05, 0.1) is 45.1 Å². The second kappa shape index (κ2) is 25.9. The number of hydrogen-bond acceptors (Lipinski definition) is 16. The number of hydrogen-bond donors (Lipinski definition) is 1. The monoisotopic (exact) mass is 1040 g/mol. The number of halogens is 2. The van der Waals surface area contributed by atoms with Gasteiger partial charge < -0.3 is 47.7 Å².